The van der Waals surface area contributed by atoms with Crippen LogP contribution in [0.1, 0.15) is 17.3 Å². The number of hydrogen-bond acceptors (Lipinski definition) is 4. The molecule has 1 aliphatic rings. The summed E-state index contributed by atoms with van der Waals surface area (Å²) in [4.78, 5) is 22.5. The first kappa shape index (κ1) is 15.9. The average Bonchev–Trinajstić information content (AvgIpc) is 3.10. The minimum Gasteiger partial charge on any atom is -0.339 e. The Labute approximate surface area is 141 Å². The van der Waals surface area contributed by atoms with Crippen LogP contribution < -0.4 is 4.90 Å². The van der Waals surface area contributed by atoms with Crippen LogP contribution in [0, 0.1) is 0 Å². The van der Waals surface area contributed by atoms with Crippen molar-refractivity contribution in [3.63, 3.8) is 0 Å². The summed E-state index contributed by atoms with van der Waals surface area (Å²) in [5.41, 5.74) is 0.809. The van der Waals surface area contributed by atoms with Crippen molar-refractivity contribution in [2.45, 2.75) is 18.4 Å². The molecule has 6 heteroatoms. The lowest BCUT2D eigenvalue weighted by atomic mass is 10.2. The number of carbonyl (C=O) groups excluding carboxylic acids is 1. The third-order valence-corrected chi connectivity index (χ3v) is 5.02. The number of aromatic nitrogens is 2. The normalized spacial score (nSPS) is 15.0. The summed E-state index contributed by atoms with van der Waals surface area (Å²) < 4.78 is 2.14. The molecule has 0 unspecified atom stereocenters. The van der Waals surface area contributed by atoms with Gasteiger partial charge in [-0.15, -0.1) is 11.8 Å². The largest absolute Gasteiger partial charge is 0.339 e. The molecule has 2 aromatic rings. The molecular weight excluding hydrogens is 308 g/mol. The Hall–Kier alpha value is -1.95. The molecule has 3 rings (SSSR count). The zero-order chi connectivity index (χ0) is 16.2. The van der Waals surface area contributed by atoms with Crippen LogP contribution in [0.5, 0.6) is 0 Å². The second-order valence-corrected chi connectivity index (χ2v) is 6.34. The second-order valence-electron chi connectivity index (χ2n) is 5.49. The molecule has 0 aliphatic carbocycles. The van der Waals surface area contributed by atoms with E-state index in [0.717, 1.165) is 49.1 Å². The van der Waals surface area contributed by atoms with Crippen LogP contribution in [0.4, 0.5) is 5.95 Å². The van der Waals surface area contributed by atoms with E-state index in [9.17, 15) is 4.79 Å². The van der Waals surface area contributed by atoms with Gasteiger partial charge in [-0.2, -0.15) is 0 Å². The van der Waals surface area contributed by atoms with Crippen LogP contribution in [0.15, 0.2) is 41.6 Å². The van der Waals surface area contributed by atoms with Gasteiger partial charge in [0.1, 0.15) is 0 Å². The molecule has 1 aromatic carbocycles. The van der Waals surface area contributed by atoms with Gasteiger partial charge in [-0.25, -0.2) is 4.98 Å². The lowest BCUT2D eigenvalue weighted by Gasteiger charge is -2.35. The lowest BCUT2D eigenvalue weighted by Crippen LogP contribution is -2.49. The van der Waals surface area contributed by atoms with Crippen LogP contribution >= 0.6 is 11.8 Å². The smallest absolute Gasteiger partial charge is 0.255 e. The molecule has 0 radical (unpaired) electrons. The molecule has 0 saturated carbocycles. The summed E-state index contributed by atoms with van der Waals surface area (Å²) in [7, 11) is 0. The van der Waals surface area contributed by atoms with Crippen molar-refractivity contribution >= 4 is 23.6 Å². The van der Waals surface area contributed by atoms with Gasteiger partial charge in [0.15, 0.2) is 0 Å². The highest BCUT2D eigenvalue weighted by molar-refractivity contribution is 7.98. The molecule has 1 amide bonds. The van der Waals surface area contributed by atoms with Crippen molar-refractivity contribution in [1.29, 1.82) is 0 Å². The number of thioether (sulfide) groups is 1. The minimum atomic E-state index is 0.133. The molecule has 1 aliphatic heterocycles. The highest BCUT2D eigenvalue weighted by Gasteiger charge is 2.25. The van der Waals surface area contributed by atoms with E-state index in [4.69, 9.17) is 0 Å². The van der Waals surface area contributed by atoms with E-state index in [0.29, 0.717) is 0 Å². The van der Waals surface area contributed by atoms with Crippen LogP contribution in [0.2, 0.25) is 0 Å². The molecule has 122 valence electrons. The lowest BCUT2D eigenvalue weighted by molar-refractivity contribution is 0.0742. The van der Waals surface area contributed by atoms with Gasteiger partial charge in [-0.1, -0.05) is 12.1 Å². The fourth-order valence-corrected chi connectivity index (χ4v) is 3.52. The SMILES string of the molecule is CCn1ccnc1N1CCN(C(=O)c2ccccc2SC)CC1. The van der Waals surface area contributed by atoms with Crippen molar-refractivity contribution in [2.24, 2.45) is 0 Å². The molecule has 23 heavy (non-hydrogen) atoms. The Balaban J connectivity index is 1.68. The monoisotopic (exact) mass is 330 g/mol. The van der Waals surface area contributed by atoms with Gasteiger partial charge in [-0.3, -0.25) is 4.79 Å². The number of hydrogen-bond donors (Lipinski definition) is 0. The fraction of sp³-hybridized carbons (Fsp3) is 0.412. The first-order valence-electron chi connectivity index (χ1n) is 7.93. The number of piperazine rings is 1. The van der Waals surface area contributed by atoms with E-state index < -0.39 is 0 Å². The average molecular weight is 330 g/mol. The highest BCUT2D eigenvalue weighted by Crippen LogP contribution is 2.22. The van der Waals surface area contributed by atoms with Gasteiger partial charge in [0.25, 0.3) is 5.91 Å². The van der Waals surface area contributed by atoms with Crippen LogP contribution in [-0.4, -0.2) is 52.8 Å². The summed E-state index contributed by atoms with van der Waals surface area (Å²) in [6.07, 6.45) is 5.85. The molecule has 0 atom stereocenters. The number of amides is 1. The molecule has 5 nitrogen and oxygen atoms in total. The maximum absolute atomic E-state index is 12.8. The third-order valence-electron chi connectivity index (χ3n) is 4.22. The summed E-state index contributed by atoms with van der Waals surface area (Å²) in [6, 6.07) is 7.84. The molecule has 0 N–H and O–H groups in total. The van der Waals surface area contributed by atoms with Gasteiger partial charge in [-0.05, 0) is 25.3 Å². The van der Waals surface area contributed by atoms with Crippen molar-refractivity contribution < 1.29 is 4.79 Å². The quantitative estimate of drug-likeness (QED) is 0.808. The Kier molecular flexibility index (Phi) is 4.91. The molecule has 1 aromatic heterocycles. The maximum Gasteiger partial charge on any atom is 0.255 e. The number of rotatable bonds is 4. The van der Waals surface area contributed by atoms with Gasteiger partial charge in [0, 0.05) is 50.0 Å². The van der Waals surface area contributed by atoms with Crippen molar-refractivity contribution in [3.8, 4) is 0 Å². The van der Waals surface area contributed by atoms with E-state index in [2.05, 4.69) is 21.4 Å². The maximum atomic E-state index is 12.8. The number of nitrogens with zero attached hydrogens (tertiary/aromatic N) is 4. The number of imidazole rings is 1. The Morgan fingerprint density at radius 1 is 1.22 bits per heavy atom. The molecule has 0 spiro atoms. The van der Waals surface area contributed by atoms with Crippen LogP contribution in [0.3, 0.4) is 0 Å². The molecule has 2 heterocycles. The Morgan fingerprint density at radius 3 is 2.65 bits per heavy atom. The second kappa shape index (κ2) is 7.08. The topological polar surface area (TPSA) is 41.4 Å². The van der Waals surface area contributed by atoms with E-state index in [1.807, 2.05) is 47.8 Å². The van der Waals surface area contributed by atoms with Crippen LogP contribution in [0.25, 0.3) is 0 Å². The Bertz CT molecular complexity index is 677. The number of benzene rings is 1. The predicted molar refractivity (Wildman–Crippen MR) is 94.2 cm³/mol. The first-order valence-corrected chi connectivity index (χ1v) is 9.15. The van der Waals surface area contributed by atoms with Crippen molar-refractivity contribution in [1.82, 2.24) is 14.5 Å². The zero-order valence-corrected chi connectivity index (χ0v) is 14.4. The molecular formula is C17H22N4OS. The van der Waals surface area contributed by atoms with Gasteiger partial charge >= 0.3 is 0 Å². The minimum absolute atomic E-state index is 0.133. The number of anilines is 1. The van der Waals surface area contributed by atoms with E-state index in [1.54, 1.807) is 11.8 Å². The molecule has 1 fully saturated rings. The summed E-state index contributed by atoms with van der Waals surface area (Å²) >= 11 is 1.62. The summed E-state index contributed by atoms with van der Waals surface area (Å²) in [5, 5.41) is 0. The predicted octanol–water partition coefficient (Wildman–Crippen LogP) is 2.59. The van der Waals surface area contributed by atoms with Crippen LogP contribution in [-0.2, 0) is 6.54 Å². The third kappa shape index (κ3) is 3.22. The number of carbonyl (C=O) groups is 1. The fourth-order valence-electron chi connectivity index (χ4n) is 2.93. The van der Waals surface area contributed by atoms with Gasteiger partial charge < -0.3 is 14.4 Å². The van der Waals surface area contributed by atoms with E-state index >= 15 is 0 Å². The molecule has 1 saturated heterocycles. The highest BCUT2D eigenvalue weighted by atomic mass is 32.2. The van der Waals surface area contributed by atoms with Crippen molar-refractivity contribution in [3.05, 3.63) is 42.2 Å². The Morgan fingerprint density at radius 2 is 1.96 bits per heavy atom. The van der Waals surface area contributed by atoms with Gasteiger partial charge in [0.2, 0.25) is 5.95 Å². The van der Waals surface area contributed by atoms with Crippen molar-refractivity contribution in [2.75, 3.05) is 37.3 Å². The van der Waals surface area contributed by atoms with Gasteiger partial charge in [0.05, 0.1) is 5.56 Å². The summed E-state index contributed by atoms with van der Waals surface area (Å²) in [5.74, 6) is 1.14. The zero-order valence-electron chi connectivity index (χ0n) is 13.6. The number of aryl methyl sites for hydroxylation is 1. The van der Waals surface area contributed by atoms with E-state index in [1.165, 1.54) is 0 Å². The molecule has 0 bridgehead atoms. The van der Waals surface area contributed by atoms with E-state index in [-0.39, 0.29) is 5.91 Å². The standard InChI is InChI=1S/C17H22N4OS/c1-3-19-9-8-18-17(19)21-12-10-20(11-13-21)16(22)14-6-4-5-7-15(14)23-2/h4-9H,3,10-13H2,1-2H3. The first-order chi connectivity index (χ1) is 11.2. The summed E-state index contributed by atoms with van der Waals surface area (Å²) in [6.45, 7) is 6.14.